The number of nitrogens with zero attached hydrogens (tertiary/aromatic N) is 2. The van der Waals surface area contributed by atoms with Crippen LogP contribution in [0.1, 0.15) is 0 Å². The number of halogens is 3. The van der Waals surface area contributed by atoms with Crippen LogP contribution in [-0.2, 0) is 4.79 Å². The van der Waals surface area contributed by atoms with E-state index >= 15 is 0 Å². The van der Waals surface area contributed by atoms with Crippen molar-refractivity contribution >= 4 is 5.97 Å². The number of carboxylic acids is 1. The predicted molar refractivity (Wildman–Crippen MR) is 48.7 cm³/mol. The Hall–Kier alpha value is -0.820. The summed E-state index contributed by atoms with van der Waals surface area (Å²) in [5.41, 5.74) is 0. The highest BCUT2D eigenvalue weighted by Crippen LogP contribution is 2.16. The number of carboxylic acid groups (broad SMARTS) is 1. The molecular formula is C8H15F3N2O2. The van der Waals surface area contributed by atoms with E-state index in [4.69, 9.17) is 5.11 Å². The number of hydrogen-bond acceptors (Lipinski definition) is 3. The van der Waals surface area contributed by atoms with Crippen LogP contribution in [-0.4, -0.2) is 67.3 Å². The zero-order valence-corrected chi connectivity index (χ0v) is 8.71. The number of rotatable bonds is 6. The van der Waals surface area contributed by atoms with Gasteiger partial charge >= 0.3 is 12.1 Å². The lowest BCUT2D eigenvalue weighted by Crippen LogP contribution is -2.41. The SMILES string of the molecule is CN(C)CCN(CC(=O)O)CC(F)(F)F. The fraction of sp³-hybridized carbons (Fsp3) is 0.875. The van der Waals surface area contributed by atoms with Crippen LogP contribution in [0, 0.1) is 0 Å². The third kappa shape index (κ3) is 9.48. The average molecular weight is 228 g/mol. The summed E-state index contributed by atoms with van der Waals surface area (Å²) in [6.07, 6.45) is -4.36. The lowest BCUT2D eigenvalue weighted by atomic mass is 10.4. The van der Waals surface area contributed by atoms with Crippen LogP contribution in [0.15, 0.2) is 0 Å². The molecule has 0 fully saturated rings. The first-order valence-electron chi connectivity index (χ1n) is 4.36. The van der Waals surface area contributed by atoms with Gasteiger partial charge in [0.1, 0.15) is 0 Å². The maximum atomic E-state index is 12.0. The molecule has 1 N–H and O–H groups in total. The van der Waals surface area contributed by atoms with Crippen LogP contribution in [0.2, 0.25) is 0 Å². The fourth-order valence-corrected chi connectivity index (χ4v) is 1.00. The Balaban J connectivity index is 4.12. The fourth-order valence-electron chi connectivity index (χ4n) is 1.00. The van der Waals surface area contributed by atoms with Gasteiger partial charge in [0.25, 0.3) is 0 Å². The van der Waals surface area contributed by atoms with Gasteiger partial charge in [-0.1, -0.05) is 0 Å². The normalized spacial score (nSPS) is 12.5. The first kappa shape index (κ1) is 14.2. The van der Waals surface area contributed by atoms with Gasteiger partial charge in [0.15, 0.2) is 0 Å². The summed E-state index contributed by atoms with van der Waals surface area (Å²) in [5, 5.41) is 8.42. The van der Waals surface area contributed by atoms with E-state index in [-0.39, 0.29) is 6.54 Å². The van der Waals surface area contributed by atoms with Crippen molar-refractivity contribution in [2.45, 2.75) is 6.18 Å². The zero-order valence-electron chi connectivity index (χ0n) is 8.71. The summed E-state index contributed by atoms with van der Waals surface area (Å²) in [6, 6.07) is 0. The molecule has 0 aliphatic rings. The Morgan fingerprint density at radius 1 is 1.27 bits per heavy atom. The van der Waals surface area contributed by atoms with E-state index in [2.05, 4.69) is 0 Å². The third-order valence-electron chi connectivity index (χ3n) is 1.63. The molecule has 0 heterocycles. The van der Waals surface area contributed by atoms with E-state index in [1.807, 2.05) is 0 Å². The van der Waals surface area contributed by atoms with Gasteiger partial charge in [0, 0.05) is 13.1 Å². The molecular weight excluding hydrogens is 213 g/mol. The number of likely N-dealkylation sites (N-methyl/N-ethyl adjacent to an activating group) is 1. The van der Waals surface area contributed by atoms with Crippen molar-refractivity contribution in [2.24, 2.45) is 0 Å². The average Bonchev–Trinajstić information content (AvgIpc) is 1.95. The quantitative estimate of drug-likeness (QED) is 0.719. The molecule has 0 spiro atoms. The molecule has 15 heavy (non-hydrogen) atoms. The largest absolute Gasteiger partial charge is 0.480 e. The highest BCUT2D eigenvalue weighted by atomic mass is 19.4. The van der Waals surface area contributed by atoms with Crippen molar-refractivity contribution in [3.05, 3.63) is 0 Å². The van der Waals surface area contributed by atoms with Gasteiger partial charge in [-0.2, -0.15) is 13.2 Å². The van der Waals surface area contributed by atoms with Crippen molar-refractivity contribution < 1.29 is 23.1 Å². The van der Waals surface area contributed by atoms with E-state index in [9.17, 15) is 18.0 Å². The van der Waals surface area contributed by atoms with Crippen molar-refractivity contribution in [3.63, 3.8) is 0 Å². The van der Waals surface area contributed by atoms with Crippen molar-refractivity contribution in [1.29, 1.82) is 0 Å². The van der Waals surface area contributed by atoms with Crippen molar-refractivity contribution in [2.75, 3.05) is 40.3 Å². The molecule has 0 aliphatic carbocycles. The predicted octanol–water partition coefficient (Wildman–Crippen LogP) is 0.497. The van der Waals surface area contributed by atoms with E-state index in [0.29, 0.717) is 6.54 Å². The molecule has 7 heteroatoms. The molecule has 0 aromatic rings. The summed E-state index contributed by atoms with van der Waals surface area (Å²) in [5.74, 6) is -1.25. The van der Waals surface area contributed by atoms with E-state index < -0.39 is 25.2 Å². The number of alkyl halides is 3. The molecule has 90 valence electrons. The molecule has 0 unspecified atom stereocenters. The van der Waals surface area contributed by atoms with Crippen LogP contribution in [0.5, 0.6) is 0 Å². The molecule has 0 amide bonds. The molecule has 0 aromatic carbocycles. The Morgan fingerprint density at radius 3 is 2.13 bits per heavy atom. The first-order chi connectivity index (χ1) is 6.70. The zero-order chi connectivity index (χ0) is 12.1. The molecule has 0 aliphatic heterocycles. The Labute approximate surface area is 86.3 Å². The number of aliphatic carboxylic acids is 1. The second-order valence-electron chi connectivity index (χ2n) is 3.52. The van der Waals surface area contributed by atoms with Gasteiger partial charge in [-0.15, -0.1) is 0 Å². The summed E-state index contributed by atoms with van der Waals surface area (Å²) in [7, 11) is 3.43. The molecule has 0 saturated carbocycles. The minimum absolute atomic E-state index is 0.0822. The minimum Gasteiger partial charge on any atom is -0.480 e. The maximum Gasteiger partial charge on any atom is 0.401 e. The van der Waals surface area contributed by atoms with Crippen LogP contribution < -0.4 is 0 Å². The summed E-state index contributed by atoms with van der Waals surface area (Å²) in [6.45, 7) is -1.30. The second kappa shape index (κ2) is 5.92. The van der Waals surface area contributed by atoms with Crippen LogP contribution in [0.25, 0.3) is 0 Å². The monoisotopic (exact) mass is 228 g/mol. The number of carbonyl (C=O) groups is 1. The highest BCUT2D eigenvalue weighted by Gasteiger charge is 2.31. The Kier molecular flexibility index (Phi) is 5.59. The lowest BCUT2D eigenvalue weighted by Gasteiger charge is -2.23. The third-order valence-corrected chi connectivity index (χ3v) is 1.63. The standard InChI is InChI=1S/C8H15F3N2O2/c1-12(2)3-4-13(5-7(14)15)6-8(9,10)11/h3-6H2,1-2H3,(H,14,15). The molecule has 0 rings (SSSR count). The van der Waals surface area contributed by atoms with Crippen molar-refractivity contribution in [1.82, 2.24) is 9.80 Å². The van der Waals surface area contributed by atoms with Crippen LogP contribution >= 0.6 is 0 Å². The van der Waals surface area contributed by atoms with E-state index in [1.54, 1.807) is 19.0 Å². The van der Waals surface area contributed by atoms with Gasteiger partial charge in [0.2, 0.25) is 0 Å². The minimum atomic E-state index is -4.36. The number of hydrogen-bond donors (Lipinski definition) is 1. The summed E-state index contributed by atoms with van der Waals surface area (Å²) >= 11 is 0. The molecule has 0 aromatic heterocycles. The molecule has 0 radical (unpaired) electrons. The molecule has 0 bridgehead atoms. The molecule has 0 saturated heterocycles. The highest BCUT2D eigenvalue weighted by molar-refractivity contribution is 5.69. The smallest absolute Gasteiger partial charge is 0.401 e. The maximum absolute atomic E-state index is 12.0. The Morgan fingerprint density at radius 2 is 1.80 bits per heavy atom. The van der Waals surface area contributed by atoms with Gasteiger partial charge in [0.05, 0.1) is 13.1 Å². The second-order valence-corrected chi connectivity index (χ2v) is 3.52. The van der Waals surface area contributed by atoms with Crippen LogP contribution in [0.4, 0.5) is 13.2 Å². The first-order valence-corrected chi connectivity index (χ1v) is 4.36. The molecule has 4 nitrogen and oxygen atoms in total. The van der Waals surface area contributed by atoms with Crippen LogP contribution in [0.3, 0.4) is 0 Å². The van der Waals surface area contributed by atoms with Gasteiger partial charge in [-0.05, 0) is 14.1 Å². The van der Waals surface area contributed by atoms with Gasteiger partial charge < -0.3 is 10.0 Å². The van der Waals surface area contributed by atoms with Crippen molar-refractivity contribution in [3.8, 4) is 0 Å². The molecule has 0 atom stereocenters. The van der Waals surface area contributed by atoms with E-state index in [0.717, 1.165) is 4.90 Å². The topological polar surface area (TPSA) is 43.8 Å². The summed E-state index contributed by atoms with van der Waals surface area (Å²) in [4.78, 5) is 12.9. The Bertz CT molecular complexity index is 207. The summed E-state index contributed by atoms with van der Waals surface area (Å²) < 4.78 is 36.1. The van der Waals surface area contributed by atoms with Gasteiger partial charge in [-0.3, -0.25) is 9.69 Å². The van der Waals surface area contributed by atoms with Gasteiger partial charge in [-0.25, -0.2) is 0 Å². The lowest BCUT2D eigenvalue weighted by molar-refractivity contribution is -0.154. The van der Waals surface area contributed by atoms with E-state index in [1.165, 1.54) is 0 Å².